The van der Waals surface area contributed by atoms with Gasteiger partial charge in [0.05, 0.1) is 11.2 Å². The van der Waals surface area contributed by atoms with E-state index in [-0.39, 0.29) is 5.56 Å². The van der Waals surface area contributed by atoms with Crippen LogP contribution < -0.4 is 0 Å². The molecule has 2 atom stereocenters. The predicted molar refractivity (Wildman–Crippen MR) is 73.4 cm³/mol. The largest absolute Gasteiger partial charge is 0.385 e. The summed E-state index contributed by atoms with van der Waals surface area (Å²) in [6.07, 6.45) is 4.47. The molecule has 2 heterocycles. The van der Waals surface area contributed by atoms with Crippen molar-refractivity contribution in [2.45, 2.75) is 49.8 Å². The van der Waals surface area contributed by atoms with Gasteiger partial charge in [-0.25, -0.2) is 4.39 Å². The highest BCUT2D eigenvalue weighted by molar-refractivity contribution is 5.43. The van der Waals surface area contributed by atoms with E-state index >= 15 is 0 Å². The minimum absolute atomic E-state index is 0.00220. The number of piperidine rings is 2. The first-order valence-corrected chi connectivity index (χ1v) is 7.18. The van der Waals surface area contributed by atoms with Gasteiger partial charge in [0.1, 0.15) is 11.9 Å². The molecule has 0 saturated carbocycles. The minimum atomic E-state index is -1.07. The average molecular weight is 274 g/mol. The topological polar surface area (TPSA) is 47.3 Å². The second-order valence-electron chi connectivity index (χ2n) is 6.12. The molecular weight excluding hydrogens is 255 g/mol. The molecule has 3 nitrogen and oxygen atoms in total. The molecule has 2 bridgehead atoms. The molecule has 1 aromatic rings. The van der Waals surface area contributed by atoms with Gasteiger partial charge in [0.2, 0.25) is 0 Å². The summed E-state index contributed by atoms with van der Waals surface area (Å²) >= 11 is 0. The molecule has 4 heteroatoms. The Labute approximate surface area is 118 Å². The van der Waals surface area contributed by atoms with E-state index in [2.05, 4.69) is 11.9 Å². The van der Waals surface area contributed by atoms with Gasteiger partial charge in [0, 0.05) is 17.6 Å². The number of benzene rings is 1. The van der Waals surface area contributed by atoms with Gasteiger partial charge in [-0.3, -0.25) is 0 Å². The lowest BCUT2D eigenvalue weighted by Gasteiger charge is -2.51. The van der Waals surface area contributed by atoms with E-state index in [1.165, 1.54) is 12.5 Å². The summed E-state index contributed by atoms with van der Waals surface area (Å²) in [6, 6.07) is 7.11. The Morgan fingerprint density at radius 2 is 2.00 bits per heavy atom. The Kier molecular flexibility index (Phi) is 3.27. The van der Waals surface area contributed by atoms with Crippen LogP contribution in [0.2, 0.25) is 0 Å². The quantitative estimate of drug-likeness (QED) is 0.856. The number of halogens is 1. The maximum Gasteiger partial charge on any atom is 0.141 e. The van der Waals surface area contributed by atoms with Crippen molar-refractivity contribution in [2.24, 2.45) is 0 Å². The summed E-state index contributed by atoms with van der Waals surface area (Å²) in [5.74, 6) is -0.539. The summed E-state index contributed by atoms with van der Waals surface area (Å²) in [6.45, 7) is 0. The zero-order valence-electron chi connectivity index (χ0n) is 11.6. The molecule has 1 aromatic carbocycles. The lowest BCUT2D eigenvalue weighted by Crippen LogP contribution is -2.55. The Morgan fingerprint density at radius 3 is 2.60 bits per heavy atom. The predicted octanol–water partition coefficient (Wildman–Crippen LogP) is 2.53. The first-order chi connectivity index (χ1) is 9.55. The fourth-order valence-corrected chi connectivity index (χ4v) is 3.90. The Bertz CT molecular complexity index is 552. The lowest BCUT2D eigenvalue weighted by molar-refractivity contribution is -0.0877. The van der Waals surface area contributed by atoms with Gasteiger partial charge in [-0.05, 0) is 38.8 Å². The Hall–Kier alpha value is -1.44. The maximum absolute atomic E-state index is 13.8. The summed E-state index contributed by atoms with van der Waals surface area (Å²) in [5, 5.41) is 20.2. The molecule has 1 N–H and O–H groups in total. The van der Waals surface area contributed by atoms with Crippen molar-refractivity contribution in [3.05, 3.63) is 35.1 Å². The maximum atomic E-state index is 13.8. The van der Waals surface area contributed by atoms with Crippen molar-refractivity contribution in [1.82, 2.24) is 4.90 Å². The molecule has 106 valence electrons. The normalized spacial score (nSPS) is 33.7. The van der Waals surface area contributed by atoms with E-state index in [9.17, 15) is 14.8 Å². The van der Waals surface area contributed by atoms with Crippen molar-refractivity contribution in [3.8, 4) is 6.07 Å². The van der Waals surface area contributed by atoms with E-state index in [1.807, 2.05) is 6.07 Å². The summed E-state index contributed by atoms with van der Waals surface area (Å²) in [4.78, 5) is 2.34. The molecule has 0 aliphatic carbocycles. The van der Waals surface area contributed by atoms with E-state index in [1.54, 1.807) is 12.1 Å². The van der Waals surface area contributed by atoms with Gasteiger partial charge in [0.15, 0.2) is 0 Å². The van der Waals surface area contributed by atoms with Gasteiger partial charge in [0.25, 0.3) is 0 Å². The molecule has 0 aromatic heterocycles. The van der Waals surface area contributed by atoms with E-state index in [0.717, 1.165) is 12.8 Å². The highest BCUT2D eigenvalue weighted by Gasteiger charge is 2.46. The second kappa shape index (κ2) is 4.83. The van der Waals surface area contributed by atoms with Crippen LogP contribution in [0, 0.1) is 17.1 Å². The van der Waals surface area contributed by atoms with E-state index in [4.69, 9.17) is 0 Å². The van der Waals surface area contributed by atoms with E-state index < -0.39 is 11.4 Å². The number of fused-ring (bicyclic) bond motifs is 2. The first-order valence-electron chi connectivity index (χ1n) is 7.18. The zero-order chi connectivity index (χ0) is 14.3. The SMILES string of the molecule is CN1C2CCCC1CC(O)(c1cccc(F)c1C#N)C2. The Balaban J connectivity index is 2.02. The van der Waals surface area contributed by atoms with Crippen LogP contribution in [0.15, 0.2) is 18.2 Å². The highest BCUT2D eigenvalue weighted by atomic mass is 19.1. The van der Waals surface area contributed by atoms with Crippen LogP contribution in [0.5, 0.6) is 0 Å². The second-order valence-corrected chi connectivity index (χ2v) is 6.12. The number of rotatable bonds is 1. The fourth-order valence-electron chi connectivity index (χ4n) is 3.90. The molecular formula is C16H19FN2O. The smallest absolute Gasteiger partial charge is 0.141 e. The molecule has 2 unspecified atom stereocenters. The van der Waals surface area contributed by atoms with Crippen molar-refractivity contribution >= 4 is 0 Å². The van der Waals surface area contributed by atoms with Crippen LogP contribution >= 0.6 is 0 Å². The van der Waals surface area contributed by atoms with Gasteiger partial charge < -0.3 is 10.0 Å². The summed E-state index contributed by atoms with van der Waals surface area (Å²) in [5.41, 5.74) is -0.613. The number of nitrogens with zero attached hydrogens (tertiary/aromatic N) is 2. The average Bonchev–Trinajstić information content (AvgIpc) is 2.40. The molecule has 0 radical (unpaired) electrons. The van der Waals surface area contributed by atoms with Crippen LogP contribution in [0.3, 0.4) is 0 Å². The molecule has 2 fully saturated rings. The number of nitriles is 1. The zero-order valence-corrected chi connectivity index (χ0v) is 11.6. The molecule has 0 amide bonds. The summed E-state index contributed by atoms with van der Waals surface area (Å²) < 4.78 is 13.8. The van der Waals surface area contributed by atoms with Crippen LogP contribution in [0.4, 0.5) is 4.39 Å². The van der Waals surface area contributed by atoms with Crippen LogP contribution in [0.25, 0.3) is 0 Å². The number of hydrogen-bond donors (Lipinski definition) is 1. The van der Waals surface area contributed by atoms with E-state index in [0.29, 0.717) is 30.5 Å². The molecule has 3 rings (SSSR count). The summed E-state index contributed by atoms with van der Waals surface area (Å²) in [7, 11) is 2.10. The number of aliphatic hydroxyl groups is 1. The number of hydrogen-bond acceptors (Lipinski definition) is 3. The van der Waals surface area contributed by atoms with Gasteiger partial charge in [-0.1, -0.05) is 18.6 Å². The van der Waals surface area contributed by atoms with Crippen molar-refractivity contribution in [1.29, 1.82) is 5.26 Å². The van der Waals surface area contributed by atoms with Gasteiger partial charge >= 0.3 is 0 Å². The fraction of sp³-hybridized carbons (Fsp3) is 0.562. The third-order valence-corrected chi connectivity index (χ3v) is 5.00. The minimum Gasteiger partial charge on any atom is -0.385 e. The molecule has 2 aliphatic heterocycles. The Morgan fingerprint density at radius 1 is 1.35 bits per heavy atom. The van der Waals surface area contributed by atoms with Crippen molar-refractivity contribution in [2.75, 3.05) is 7.05 Å². The molecule has 2 saturated heterocycles. The van der Waals surface area contributed by atoms with Gasteiger partial charge in [-0.2, -0.15) is 5.26 Å². The van der Waals surface area contributed by atoms with Crippen LogP contribution in [-0.2, 0) is 5.60 Å². The van der Waals surface area contributed by atoms with Crippen molar-refractivity contribution in [3.63, 3.8) is 0 Å². The van der Waals surface area contributed by atoms with Gasteiger partial charge in [-0.15, -0.1) is 0 Å². The van der Waals surface area contributed by atoms with Crippen LogP contribution in [0.1, 0.15) is 43.2 Å². The standard InChI is InChI=1S/C16H19FN2O/c1-19-11-4-2-5-12(19)9-16(20,8-11)14-6-3-7-15(17)13(14)10-18/h3,6-7,11-12,20H,2,4-5,8-9H2,1H3. The van der Waals surface area contributed by atoms with Crippen molar-refractivity contribution < 1.29 is 9.50 Å². The molecule has 20 heavy (non-hydrogen) atoms. The lowest BCUT2D eigenvalue weighted by atomic mass is 9.72. The first kappa shape index (κ1) is 13.5. The molecule has 0 spiro atoms. The third kappa shape index (κ3) is 2.02. The molecule has 2 aliphatic rings. The highest BCUT2D eigenvalue weighted by Crippen LogP contribution is 2.44. The van der Waals surface area contributed by atoms with Crippen LogP contribution in [-0.4, -0.2) is 29.1 Å². The third-order valence-electron chi connectivity index (χ3n) is 5.00. The monoisotopic (exact) mass is 274 g/mol.